The molecule has 5 rings (SSSR count). The Hall–Kier alpha value is -1.79. The number of benzene rings is 1. The van der Waals surface area contributed by atoms with Crippen molar-refractivity contribution in [2.24, 2.45) is 5.92 Å². The number of rotatable bonds is 5. The van der Waals surface area contributed by atoms with Gasteiger partial charge in [-0.15, -0.1) is 0 Å². The lowest BCUT2D eigenvalue weighted by atomic mass is 9.78. The fourth-order valence-corrected chi connectivity index (χ4v) is 4.91. The van der Waals surface area contributed by atoms with Gasteiger partial charge >= 0.3 is 0 Å². The van der Waals surface area contributed by atoms with E-state index in [1.54, 1.807) is 0 Å². The number of amides is 1. The molecule has 4 aliphatic heterocycles. The molecule has 0 aromatic heterocycles. The quantitative estimate of drug-likeness (QED) is 0.806. The topological polar surface area (TPSA) is 51.2 Å². The van der Waals surface area contributed by atoms with Gasteiger partial charge in [0.15, 0.2) is 11.5 Å². The van der Waals surface area contributed by atoms with Gasteiger partial charge in [0.05, 0.1) is 5.60 Å². The number of carbonyl (C=O) groups is 1. The van der Waals surface area contributed by atoms with E-state index in [1.807, 2.05) is 11.0 Å². The largest absolute Gasteiger partial charge is 0.454 e. The molecule has 6 heteroatoms. The van der Waals surface area contributed by atoms with Crippen LogP contribution in [0.25, 0.3) is 0 Å². The van der Waals surface area contributed by atoms with Gasteiger partial charge in [-0.2, -0.15) is 0 Å². The van der Waals surface area contributed by atoms with Crippen molar-refractivity contribution in [1.82, 2.24) is 9.80 Å². The maximum absolute atomic E-state index is 11.8. The summed E-state index contributed by atoms with van der Waals surface area (Å²) in [5, 5.41) is 0. The van der Waals surface area contributed by atoms with Gasteiger partial charge < -0.3 is 19.1 Å². The number of nitrogens with zero attached hydrogens (tertiary/aromatic N) is 2. The summed E-state index contributed by atoms with van der Waals surface area (Å²) in [6.07, 6.45) is 3.95. The minimum absolute atomic E-state index is 0.0130. The van der Waals surface area contributed by atoms with Crippen molar-refractivity contribution in [2.75, 3.05) is 39.6 Å². The first kappa shape index (κ1) is 16.4. The summed E-state index contributed by atoms with van der Waals surface area (Å²) < 4.78 is 17.0. The molecule has 0 bridgehead atoms. The Morgan fingerprint density at radius 1 is 1.19 bits per heavy atom. The van der Waals surface area contributed by atoms with Crippen molar-refractivity contribution in [3.05, 3.63) is 23.8 Å². The highest BCUT2D eigenvalue weighted by Gasteiger charge is 2.52. The fraction of sp³-hybridized carbons (Fsp3) is 0.650. The van der Waals surface area contributed by atoms with Crippen LogP contribution in [0, 0.1) is 5.92 Å². The summed E-state index contributed by atoms with van der Waals surface area (Å²) in [4.78, 5) is 16.3. The lowest BCUT2D eigenvalue weighted by Crippen LogP contribution is -2.64. The smallest absolute Gasteiger partial charge is 0.231 e. The lowest BCUT2D eigenvalue weighted by molar-refractivity contribution is -0.139. The van der Waals surface area contributed by atoms with Crippen LogP contribution in [-0.2, 0) is 16.1 Å². The van der Waals surface area contributed by atoms with Crippen molar-refractivity contribution >= 4 is 5.91 Å². The molecular weight excluding hydrogens is 332 g/mol. The van der Waals surface area contributed by atoms with E-state index in [1.165, 1.54) is 5.56 Å². The molecule has 3 saturated heterocycles. The normalized spacial score (nSPS) is 26.7. The lowest BCUT2D eigenvalue weighted by Gasteiger charge is -2.50. The number of ether oxygens (including phenoxy) is 3. The maximum Gasteiger partial charge on any atom is 0.231 e. The Morgan fingerprint density at radius 2 is 2.08 bits per heavy atom. The minimum atomic E-state index is 0.0130. The molecule has 1 atom stereocenters. The van der Waals surface area contributed by atoms with Crippen molar-refractivity contribution < 1.29 is 19.0 Å². The molecule has 1 amide bonds. The van der Waals surface area contributed by atoms with Gasteiger partial charge in [0.1, 0.15) is 0 Å². The van der Waals surface area contributed by atoms with E-state index in [0.717, 1.165) is 76.5 Å². The summed E-state index contributed by atoms with van der Waals surface area (Å²) >= 11 is 0. The van der Waals surface area contributed by atoms with Crippen LogP contribution in [0.4, 0.5) is 0 Å². The highest BCUT2D eigenvalue weighted by atomic mass is 16.7. The fourth-order valence-electron chi connectivity index (χ4n) is 4.91. The molecule has 1 aromatic rings. The first-order chi connectivity index (χ1) is 12.7. The van der Waals surface area contributed by atoms with E-state index in [2.05, 4.69) is 17.0 Å². The van der Waals surface area contributed by atoms with Crippen LogP contribution in [0.1, 0.15) is 31.2 Å². The van der Waals surface area contributed by atoms with Crippen LogP contribution in [-0.4, -0.2) is 60.9 Å². The van der Waals surface area contributed by atoms with Gasteiger partial charge in [-0.3, -0.25) is 9.69 Å². The molecule has 0 N–H and O–H groups in total. The van der Waals surface area contributed by atoms with Crippen LogP contribution in [0.3, 0.4) is 0 Å². The first-order valence-electron chi connectivity index (χ1n) is 9.74. The molecule has 4 heterocycles. The zero-order valence-electron chi connectivity index (χ0n) is 15.1. The standard InChI is InChI=1S/C20H26N2O4/c23-19-2-1-7-22(19)8-5-16-6-9-26-20(16)12-21(13-20)11-15-3-4-17-18(10-15)25-14-24-17/h3-4,10,16H,1-2,5-9,11-14H2. The summed E-state index contributed by atoms with van der Waals surface area (Å²) in [6.45, 7) is 5.91. The van der Waals surface area contributed by atoms with Crippen LogP contribution < -0.4 is 9.47 Å². The van der Waals surface area contributed by atoms with E-state index in [-0.39, 0.29) is 5.60 Å². The third-order valence-electron chi connectivity index (χ3n) is 6.34. The van der Waals surface area contributed by atoms with Crippen molar-refractivity contribution in [2.45, 2.75) is 37.8 Å². The van der Waals surface area contributed by atoms with Gasteiger partial charge in [0.2, 0.25) is 12.7 Å². The Kier molecular flexibility index (Phi) is 4.05. The predicted molar refractivity (Wildman–Crippen MR) is 95.1 cm³/mol. The molecule has 1 spiro atoms. The number of likely N-dealkylation sites (tertiary alicyclic amines) is 2. The second-order valence-electron chi connectivity index (χ2n) is 8.00. The Morgan fingerprint density at radius 3 is 2.92 bits per heavy atom. The van der Waals surface area contributed by atoms with Crippen molar-refractivity contribution in [3.63, 3.8) is 0 Å². The van der Waals surface area contributed by atoms with E-state index in [9.17, 15) is 4.79 Å². The number of hydrogen-bond acceptors (Lipinski definition) is 5. The Labute approximate surface area is 154 Å². The first-order valence-corrected chi connectivity index (χ1v) is 9.74. The average Bonchev–Trinajstić information content (AvgIpc) is 3.32. The van der Waals surface area contributed by atoms with Gasteiger partial charge in [0.25, 0.3) is 0 Å². The molecule has 1 unspecified atom stereocenters. The molecule has 140 valence electrons. The van der Waals surface area contributed by atoms with Gasteiger partial charge in [-0.25, -0.2) is 0 Å². The molecule has 0 radical (unpaired) electrons. The summed E-state index contributed by atoms with van der Waals surface area (Å²) in [7, 11) is 0. The number of fused-ring (bicyclic) bond motifs is 1. The minimum Gasteiger partial charge on any atom is -0.454 e. The molecule has 26 heavy (non-hydrogen) atoms. The Bertz CT molecular complexity index is 701. The second-order valence-corrected chi connectivity index (χ2v) is 8.00. The van der Waals surface area contributed by atoms with E-state index >= 15 is 0 Å². The van der Waals surface area contributed by atoms with Gasteiger partial charge in [-0.05, 0) is 42.9 Å². The van der Waals surface area contributed by atoms with Gasteiger partial charge in [0, 0.05) is 45.8 Å². The van der Waals surface area contributed by atoms with Crippen LogP contribution in [0.5, 0.6) is 11.5 Å². The molecular formula is C20H26N2O4. The third-order valence-corrected chi connectivity index (χ3v) is 6.34. The Balaban J connectivity index is 1.16. The van der Waals surface area contributed by atoms with Crippen molar-refractivity contribution in [1.29, 1.82) is 0 Å². The zero-order chi connectivity index (χ0) is 17.6. The highest BCUT2D eigenvalue weighted by molar-refractivity contribution is 5.78. The molecule has 6 nitrogen and oxygen atoms in total. The van der Waals surface area contributed by atoms with Crippen molar-refractivity contribution in [3.8, 4) is 11.5 Å². The third kappa shape index (κ3) is 2.85. The monoisotopic (exact) mass is 358 g/mol. The van der Waals surface area contributed by atoms with Gasteiger partial charge in [-0.1, -0.05) is 6.07 Å². The van der Waals surface area contributed by atoms with Crippen LogP contribution in [0.2, 0.25) is 0 Å². The zero-order valence-corrected chi connectivity index (χ0v) is 15.1. The molecule has 0 aliphatic carbocycles. The maximum atomic E-state index is 11.8. The van der Waals surface area contributed by atoms with E-state index in [4.69, 9.17) is 14.2 Å². The van der Waals surface area contributed by atoms with Crippen LogP contribution in [0.15, 0.2) is 18.2 Å². The molecule has 1 aromatic carbocycles. The second kappa shape index (κ2) is 6.43. The average molecular weight is 358 g/mol. The SMILES string of the molecule is O=C1CCCN1CCC1CCOC12CN(Cc1ccc3c(c1)OCO3)C2. The summed E-state index contributed by atoms with van der Waals surface area (Å²) in [6, 6.07) is 6.19. The van der Waals surface area contributed by atoms with Crippen LogP contribution >= 0.6 is 0 Å². The number of carbonyl (C=O) groups excluding carboxylic acids is 1. The van der Waals surface area contributed by atoms with E-state index < -0.39 is 0 Å². The molecule has 3 fully saturated rings. The number of hydrogen-bond donors (Lipinski definition) is 0. The molecule has 4 aliphatic rings. The summed E-state index contributed by atoms with van der Waals surface area (Å²) in [5.41, 5.74) is 1.26. The predicted octanol–water partition coefficient (Wildman–Crippen LogP) is 2.02. The molecule has 0 saturated carbocycles. The highest BCUT2D eigenvalue weighted by Crippen LogP contribution is 2.43. The summed E-state index contributed by atoms with van der Waals surface area (Å²) in [5.74, 6) is 2.59. The van der Waals surface area contributed by atoms with E-state index in [0.29, 0.717) is 18.6 Å².